The SMILES string of the molecule is CNC(=O)c1c(F)cccc1Nc1nc(Nc2cc(N(C)C(=O)CN(C)C)ccc2OC)nc2c1CCN2. The van der Waals surface area contributed by atoms with Crippen LogP contribution < -0.4 is 30.9 Å². The molecule has 2 amide bonds. The second-order valence-corrected chi connectivity index (χ2v) is 8.97. The molecule has 12 heteroatoms. The van der Waals surface area contributed by atoms with Gasteiger partial charge in [0.1, 0.15) is 23.2 Å². The topological polar surface area (TPSA) is 124 Å². The molecule has 1 aromatic heterocycles. The molecule has 2 heterocycles. The van der Waals surface area contributed by atoms with E-state index in [1.54, 1.807) is 48.2 Å². The summed E-state index contributed by atoms with van der Waals surface area (Å²) in [4.78, 5) is 37.5. The van der Waals surface area contributed by atoms with Gasteiger partial charge in [-0.15, -0.1) is 0 Å². The van der Waals surface area contributed by atoms with Gasteiger partial charge in [0.05, 0.1) is 30.6 Å². The average Bonchev–Trinajstić information content (AvgIpc) is 3.36. The zero-order valence-electron chi connectivity index (χ0n) is 22.0. The minimum Gasteiger partial charge on any atom is -0.495 e. The van der Waals surface area contributed by atoms with Crippen molar-refractivity contribution in [3.8, 4) is 5.75 Å². The summed E-state index contributed by atoms with van der Waals surface area (Å²) in [6.45, 7) is 0.920. The van der Waals surface area contributed by atoms with Gasteiger partial charge in [-0.2, -0.15) is 9.97 Å². The van der Waals surface area contributed by atoms with Crippen LogP contribution in [0.5, 0.6) is 5.75 Å². The fourth-order valence-electron chi connectivity index (χ4n) is 4.09. The third kappa shape index (κ3) is 5.59. The summed E-state index contributed by atoms with van der Waals surface area (Å²) in [5.41, 5.74) is 2.20. The molecule has 0 spiro atoms. The predicted molar refractivity (Wildman–Crippen MR) is 146 cm³/mol. The largest absolute Gasteiger partial charge is 0.495 e. The van der Waals surface area contributed by atoms with E-state index in [9.17, 15) is 14.0 Å². The maximum Gasteiger partial charge on any atom is 0.256 e. The van der Waals surface area contributed by atoms with E-state index in [1.807, 2.05) is 14.1 Å². The maximum absolute atomic E-state index is 14.5. The van der Waals surface area contributed by atoms with E-state index in [0.29, 0.717) is 41.7 Å². The highest BCUT2D eigenvalue weighted by atomic mass is 19.1. The number of likely N-dealkylation sites (N-methyl/N-ethyl adjacent to an activating group) is 2. The van der Waals surface area contributed by atoms with Crippen LogP contribution in [-0.2, 0) is 11.2 Å². The molecule has 1 aliphatic rings. The van der Waals surface area contributed by atoms with Crippen LogP contribution in [0.1, 0.15) is 15.9 Å². The van der Waals surface area contributed by atoms with Gasteiger partial charge in [0.2, 0.25) is 11.9 Å². The van der Waals surface area contributed by atoms with Gasteiger partial charge >= 0.3 is 0 Å². The van der Waals surface area contributed by atoms with Gasteiger partial charge in [-0.25, -0.2) is 4.39 Å². The molecule has 0 saturated heterocycles. The van der Waals surface area contributed by atoms with Crippen LogP contribution in [0.4, 0.5) is 39.0 Å². The summed E-state index contributed by atoms with van der Waals surface area (Å²) < 4.78 is 20.1. The van der Waals surface area contributed by atoms with Crippen molar-refractivity contribution in [3.63, 3.8) is 0 Å². The molecule has 4 N–H and O–H groups in total. The molecule has 2 aromatic carbocycles. The first-order valence-electron chi connectivity index (χ1n) is 12.0. The Hall–Kier alpha value is -4.45. The van der Waals surface area contributed by atoms with Crippen molar-refractivity contribution < 1.29 is 18.7 Å². The Labute approximate surface area is 220 Å². The maximum atomic E-state index is 14.5. The Balaban J connectivity index is 1.69. The molecule has 200 valence electrons. The third-order valence-electron chi connectivity index (χ3n) is 6.04. The quantitative estimate of drug-likeness (QED) is 0.336. The fraction of sp³-hybridized carbons (Fsp3) is 0.308. The highest BCUT2D eigenvalue weighted by Gasteiger charge is 2.23. The number of amides is 2. The van der Waals surface area contributed by atoms with Crippen LogP contribution in [0.25, 0.3) is 0 Å². The smallest absolute Gasteiger partial charge is 0.256 e. The molecule has 0 unspecified atom stereocenters. The number of ether oxygens (including phenoxy) is 1. The van der Waals surface area contributed by atoms with Crippen molar-refractivity contribution in [2.45, 2.75) is 6.42 Å². The molecule has 0 saturated carbocycles. The Bertz CT molecular complexity index is 1360. The number of fused-ring (bicyclic) bond motifs is 1. The summed E-state index contributed by atoms with van der Waals surface area (Å²) >= 11 is 0. The van der Waals surface area contributed by atoms with Gasteiger partial charge in [0.25, 0.3) is 5.91 Å². The van der Waals surface area contributed by atoms with Gasteiger partial charge in [-0.05, 0) is 50.8 Å². The molecular weight excluding hydrogens is 491 g/mol. The number of nitrogens with one attached hydrogen (secondary N) is 4. The van der Waals surface area contributed by atoms with Crippen LogP contribution in [0.2, 0.25) is 0 Å². The number of hydrogen-bond donors (Lipinski definition) is 4. The molecule has 11 nitrogen and oxygen atoms in total. The van der Waals surface area contributed by atoms with Gasteiger partial charge in [-0.1, -0.05) is 6.07 Å². The van der Waals surface area contributed by atoms with E-state index >= 15 is 0 Å². The molecule has 1 aliphatic heterocycles. The number of anilines is 6. The van der Waals surface area contributed by atoms with E-state index in [-0.39, 0.29) is 29.7 Å². The minimum absolute atomic E-state index is 0.0717. The van der Waals surface area contributed by atoms with Gasteiger partial charge < -0.3 is 35.8 Å². The van der Waals surface area contributed by atoms with E-state index < -0.39 is 11.7 Å². The van der Waals surface area contributed by atoms with Gasteiger partial charge in [0, 0.05) is 31.9 Å². The van der Waals surface area contributed by atoms with Crippen molar-refractivity contribution in [2.75, 3.05) is 69.2 Å². The van der Waals surface area contributed by atoms with Gasteiger partial charge in [0.15, 0.2) is 0 Å². The summed E-state index contributed by atoms with van der Waals surface area (Å²) in [7, 11) is 8.36. The number of rotatable bonds is 9. The van der Waals surface area contributed by atoms with Crippen LogP contribution in [0.15, 0.2) is 36.4 Å². The number of halogens is 1. The number of methoxy groups -OCH3 is 1. The number of aromatic nitrogens is 2. The normalized spacial score (nSPS) is 12.0. The first-order chi connectivity index (χ1) is 18.2. The molecule has 38 heavy (non-hydrogen) atoms. The summed E-state index contributed by atoms with van der Waals surface area (Å²) in [5.74, 6) is 0.561. The molecule has 0 bridgehead atoms. The molecule has 0 radical (unpaired) electrons. The standard InChI is InChI=1S/C26H31FN8O3/c1-28-25(37)22-17(27)7-6-8-18(22)30-24-16-11-12-29-23(16)32-26(33-24)31-19-13-15(9-10-20(19)38-5)35(4)21(36)14-34(2)3/h6-10,13H,11-12,14H2,1-5H3,(H,28,37)(H3,29,30,31,32,33). The lowest BCUT2D eigenvalue weighted by molar-refractivity contribution is -0.118. The van der Waals surface area contributed by atoms with Crippen molar-refractivity contribution in [1.82, 2.24) is 20.2 Å². The highest BCUT2D eigenvalue weighted by molar-refractivity contribution is 6.00. The molecule has 0 aliphatic carbocycles. The van der Waals surface area contributed by atoms with E-state index in [1.165, 1.54) is 19.2 Å². The summed E-state index contributed by atoms with van der Waals surface area (Å²) in [5, 5.41) is 12.0. The monoisotopic (exact) mass is 522 g/mol. The van der Waals surface area contributed by atoms with E-state index in [2.05, 4.69) is 31.2 Å². The molecule has 0 fully saturated rings. The van der Waals surface area contributed by atoms with Crippen molar-refractivity contribution in [1.29, 1.82) is 0 Å². The average molecular weight is 523 g/mol. The lowest BCUT2D eigenvalue weighted by Crippen LogP contribution is -2.35. The van der Waals surface area contributed by atoms with Crippen LogP contribution >= 0.6 is 0 Å². The van der Waals surface area contributed by atoms with Crippen molar-refractivity contribution in [2.24, 2.45) is 0 Å². The lowest BCUT2D eigenvalue weighted by Gasteiger charge is -2.21. The Morgan fingerprint density at radius 3 is 2.61 bits per heavy atom. The Morgan fingerprint density at radius 1 is 1.11 bits per heavy atom. The second-order valence-electron chi connectivity index (χ2n) is 8.97. The Kier molecular flexibility index (Phi) is 7.91. The highest BCUT2D eigenvalue weighted by Crippen LogP contribution is 2.35. The van der Waals surface area contributed by atoms with Crippen LogP contribution in [0.3, 0.4) is 0 Å². The first-order valence-corrected chi connectivity index (χ1v) is 12.0. The number of nitrogens with zero attached hydrogens (tertiary/aromatic N) is 4. The predicted octanol–water partition coefficient (Wildman–Crippen LogP) is 2.96. The summed E-state index contributed by atoms with van der Waals surface area (Å²) in [6, 6.07) is 9.69. The molecular formula is C26H31FN8O3. The Morgan fingerprint density at radius 2 is 1.89 bits per heavy atom. The van der Waals surface area contributed by atoms with Crippen molar-refractivity contribution >= 4 is 46.5 Å². The van der Waals surface area contributed by atoms with E-state index in [4.69, 9.17) is 4.74 Å². The summed E-state index contributed by atoms with van der Waals surface area (Å²) in [6.07, 6.45) is 0.653. The molecule has 0 atom stereocenters. The molecule has 4 rings (SSSR count). The number of benzene rings is 2. The van der Waals surface area contributed by atoms with Crippen molar-refractivity contribution in [3.05, 3.63) is 53.3 Å². The zero-order valence-corrected chi connectivity index (χ0v) is 22.0. The molecule has 3 aromatic rings. The van der Waals surface area contributed by atoms with Crippen LogP contribution in [0, 0.1) is 5.82 Å². The zero-order chi connectivity index (χ0) is 27.4. The van der Waals surface area contributed by atoms with E-state index in [0.717, 1.165) is 5.56 Å². The lowest BCUT2D eigenvalue weighted by atomic mass is 10.1. The van der Waals surface area contributed by atoms with Gasteiger partial charge in [-0.3, -0.25) is 9.59 Å². The second kappa shape index (κ2) is 11.3. The first kappa shape index (κ1) is 26.6. The number of carbonyl (C=O) groups excluding carboxylic acids is 2. The number of carbonyl (C=O) groups is 2. The third-order valence-corrected chi connectivity index (χ3v) is 6.04. The number of hydrogen-bond acceptors (Lipinski definition) is 9. The van der Waals surface area contributed by atoms with Crippen LogP contribution in [-0.4, -0.2) is 75.1 Å². The fourth-order valence-corrected chi connectivity index (χ4v) is 4.09. The minimum atomic E-state index is -0.647.